The summed E-state index contributed by atoms with van der Waals surface area (Å²) in [4.78, 5) is 20.2. The minimum Gasteiger partial charge on any atom is -0.337 e. The number of rotatable bonds is 5. The Bertz CT molecular complexity index is 601. The highest BCUT2D eigenvalue weighted by Crippen LogP contribution is 2.22. The minimum absolute atomic E-state index is 0.0826. The zero-order chi connectivity index (χ0) is 15.4. The van der Waals surface area contributed by atoms with Gasteiger partial charge in [-0.3, -0.25) is 9.69 Å². The maximum atomic E-state index is 13.4. The normalized spacial score (nSPS) is 12.4. The highest BCUT2D eigenvalue weighted by Gasteiger charge is 2.26. The first-order valence-corrected chi connectivity index (χ1v) is 7.42. The van der Waals surface area contributed by atoms with Crippen LogP contribution in [0, 0.1) is 5.82 Å². The van der Waals surface area contributed by atoms with Crippen molar-refractivity contribution in [1.29, 1.82) is 0 Å². The number of hydrogen-bond acceptors (Lipinski definition) is 4. The van der Waals surface area contributed by atoms with E-state index in [0.29, 0.717) is 12.1 Å². The molecule has 0 N–H and O–H groups in total. The molecular formula is C15H18FN3OS. The number of amides is 1. The molecule has 6 heteroatoms. The van der Waals surface area contributed by atoms with Crippen LogP contribution in [0.2, 0.25) is 0 Å². The predicted molar refractivity (Wildman–Crippen MR) is 81.4 cm³/mol. The molecule has 0 saturated heterocycles. The molecule has 112 valence electrons. The Morgan fingerprint density at radius 3 is 2.71 bits per heavy atom. The average Bonchev–Trinajstić information content (AvgIpc) is 2.91. The molecule has 4 nitrogen and oxygen atoms in total. The molecule has 0 spiro atoms. The zero-order valence-corrected chi connectivity index (χ0v) is 13.1. The van der Waals surface area contributed by atoms with Crippen molar-refractivity contribution >= 4 is 17.2 Å². The molecule has 0 aliphatic rings. The van der Waals surface area contributed by atoms with Crippen LogP contribution in [0.25, 0.3) is 0 Å². The van der Waals surface area contributed by atoms with Gasteiger partial charge in [0, 0.05) is 18.6 Å². The number of thiazole rings is 1. The fourth-order valence-electron chi connectivity index (χ4n) is 2.16. The summed E-state index contributed by atoms with van der Waals surface area (Å²) in [6.07, 6.45) is 1.72. The third kappa shape index (κ3) is 3.86. The molecule has 1 aromatic heterocycles. The number of carbonyl (C=O) groups is 1. The number of carbonyl (C=O) groups excluding carboxylic acids is 1. The zero-order valence-electron chi connectivity index (χ0n) is 12.3. The van der Waals surface area contributed by atoms with Crippen LogP contribution < -0.4 is 0 Å². The molecule has 0 saturated carbocycles. The monoisotopic (exact) mass is 307 g/mol. The highest BCUT2D eigenvalue weighted by atomic mass is 32.1. The molecule has 2 rings (SSSR count). The van der Waals surface area contributed by atoms with Crippen molar-refractivity contribution in [3.05, 3.63) is 52.2 Å². The van der Waals surface area contributed by atoms with Crippen LogP contribution in [0.15, 0.2) is 35.8 Å². The Morgan fingerprint density at radius 1 is 1.38 bits per heavy atom. The molecule has 1 unspecified atom stereocenters. The van der Waals surface area contributed by atoms with E-state index >= 15 is 0 Å². The van der Waals surface area contributed by atoms with Crippen LogP contribution in [0.4, 0.5) is 4.39 Å². The second-order valence-electron chi connectivity index (χ2n) is 5.04. The molecule has 0 fully saturated rings. The van der Waals surface area contributed by atoms with Crippen LogP contribution in [-0.4, -0.2) is 41.8 Å². The lowest BCUT2D eigenvalue weighted by Crippen LogP contribution is -2.38. The number of aromatic nitrogens is 1. The standard InChI is InChI=1S/C15H18FN3OS/c1-18(2)14(11-5-4-6-12(16)9-11)15(20)19(3)10-13-17-7-8-21-13/h4-9,14H,10H2,1-3H3. The Labute approximate surface area is 127 Å². The molecule has 0 bridgehead atoms. The van der Waals surface area contributed by atoms with Gasteiger partial charge in [0.25, 0.3) is 0 Å². The molecule has 0 aliphatic carbocycles. The molecule has 1 heterocycles. The number of nitrogens with zero attached hydrogens (tertiary/aromatic N) is 3. The molecule has 0 radical (unpaired) electrons. The second-order valence-corrected chi connectivity index (χ2v) is 6.02. The van der Waals surface area contributed by atoms with Crippen LogP contribution in [-0.2, 0) is 11.3 Å². The number of benzene rings is 1. The summed E-state index contributed by atoms with van der Waals surface area (Å²) in [6.45, 7) is 0.455. The molecule has 1 aromatic carbocycles. The van der Waals surface area contributed by atoms with E-state index < -0.39 is 6.04 Å². The van der Waals surface area contributed by atoms with E-state index in [2.05, 4.69) is 4.98 Å². The third-order valence-corrected chi connectivity index (χ3v) is 3.91. The topological polar surface area (TPSA) is 36.4 Å². The van der Waals surface area contributed by atoms with Crippen molar-refractivity contribution in [2.75, 3.05) is 21.1 Å². The average molecular weight is 307 g/mol. The van der Waals surface area contributed by atoms with Gasteiger partial charge in [-0.15, -0.1) is 11.3 Å². The van der Waals surface area contributed by atoms with Gasteiger partial charge in [0.2, 0.25) is 5.91 Å². The van der Waals surface area contributed by atoms with E-state index in [1.165, 1.54) is 23.5 Å². The number of halogens is 1. The van der Waals surface area contributed by atoms with Gasteiger partial charge >= 0.3 is 0 Å². The molecular weight excluding hydrogens is 289 g/mol. The molecule has 1 atom stereocenters. The Kier molecular flexibility index (Phi) is 5.03. The lowest BCUT2D eigenvalue weighted by Gasteiger charge is -2.28. The lowest BCUT2D eigenvalue weighted by atomic mass is 10.0. The first-order chi connectivity index (χ1) is 9.99. The van der Waals surface area contributed by atoms with E-state index in [-0.39, 0.29) is 11.7 Å². The van der Waals surface area contributed by atoms with Crippen molar-refractivity contribution in [2.24, 2.45) is 0 Å². The molecule has 21 heavy (non-hydrogen) atoms. The maximum absolute atomic E-state index is 13.4. The minimum atomic E-state index is -0.509. The van der Waals surface area contributed by atoms with Crippen molar-refractivity contribution in [3.63, 3.8) is 0 Å². The van der Waals surface area contributed by atoms with E-state index in [1.807, 2.05) is 19.5 Å². The summed E-state index contributed by atoms with van der Waals surface area (Å²) in [5, 5.41) is 2.76. The Morgan fingerprint density at radius 2 is 2.14 bits per heavy atom. The number of hydrogen-bond donors (Lipinski definition) is 0. The second kappa shape index (κ2) is 6.78. The predicted octanol–water partition coefficient (Wildman–Crippen LogP) is 2.54. The summed E-state index contributed by atoms with van der Waals surface area (Å²) in [5.74, 6) is -0.421. The van der Waals surface area contributed by atoms with Gasteiger partial charge < -0.3 is 4.90 Å². The van der Waals surface area contributed by atoms with E-state index in [0.717, 1.165) is 5.01 Å². The van der Waals surface area contributed by atoms with Gasteiger partial charge in [-0.05, 0) is 31.8 Å². The SMILES string of the molecule is CN(Cc1nccs1)C(=O)C(c1cccc(F)c1)N(C)C. The van der Waals surface area contributed by atoms with E-state index in [9.17, 15) is 9.18 Å². The summed E-state index contributed by atoms with van der Waals surface area (Å²) in [6, 6.07) is 5.66. The fourth-order valence-corrected chi connectivity index (χ4v) is 2.83. The summed E-state index contributed by atoms with van der Waals surface area (Å²) >= 11 is 1.51. The first kappa shape index (κ1) is 15.6. The number of likely N-dealkylation sites (N-methyl/N-ethyl adjacent to an activating group) is 2. The Balaban J connectivity index is 2.19. The van der Waals surface area contributed by atoms with Crippen LogP contribution in [0.5, 0.6) is 0 Å². The van der Waals surface area contributed by atoms with Gasteiger partial charge in [-0.1, -0.05) is 12.1 Å². The summed E-state index contributed by atoms with van der Waals surface area (Å²) in [7, 11) is 5.36. The lowest BCUT2D eigenvalue weighted by molar-refractivity contribution is -0.135. The van der Waals surface area contributed by atoms with Crippen molar-refractivity contribution in [1.82, 2.24) is 14.8 Å². The summed E-state index contributed by atoms with van der Waals surface area (Å²) < 4.78 is 13.4. The van der Waals surface area contributed by atoms with Gasteiger partial charge in [0.05, 0.1) is 6.54 Å². The first-order valence-electron chi connectivity index (χ1n) is 6.54. The van der Waals surface area contributed by atoms with Crippen molar-refractivity contribution in [2.45, 2.75) is 12.6 Å². The van der Waals surface area contributed by atoms with Crippen molar-refractivity contribution < 1.29 is 9.18 Å². The van der Waals surface area contributed by atoms with Crippen LogP contribution in [0.3, 0.4) is 0 Å². The van der Waals surface area contributed by atoms with Gasteiger partial charge in [-0.25, -0.2) is 9.37 Å². The van der Waals surface area contributed by atoms with Gasteiger partial charge in [0.15, 0.2) is 0 Å². The quantitative estimate of drug-likeness (QED) is 0.852. The maximum Gasteiger partial charge on any atom is 0.244 e. The van der Waals surface area contributed by atoms with Gasteiger partial charge in [0.1, 0.15) is 16.9 Å². The van der Waals surface area contributed by atoms with E-state index in [4.69, 9.17) is 0 Å². The largest absolute Gasteiger partial charge is 0.337 e. The molecule has 2 aromatic rings. The van der Waals surface area contributed by atoms with Crippen LogP contribution >= 0.6 is 11.3 Å². The van der Waals surface area contributed by atoms with Gasteiger partial charge in [-0.2, -0.15) is 0 Å². The molecule has 0 aliphatic heterocycles. The molecule has 1 amide bonds. The van der Waals surface area contributed by atoms with E-state index in [1.54, 1.807) is 35.2 Å². The highest BCUT2D eigenvalue weighted by molar-refractivity contribution is 7.09. The smallest absolute Gasteiger partial charge is 0.244 e. The fraction of sp³-hybridized carbons (Fsp3) is 0.333. The van der Waals surface area contributed by atoms with Crippen LogP contribution in [0.1, 0.15) is 16.6 Å². The summed E-state index contributed by atoms with van der Waals surface area (Å²) in [5.41, 5.74) is 0.649. The van der Waals surface area contributed by atoms with Crippen molar-refractivity contribution in [3.8, 4) is 0 Å². The third-order valence-electron chi connectivity index (χ3n) is 3.15. The Hall–Kier alpha value is -1.79.